The Kier molecular flexibility index (Phi) is 5.30. The lowest BCUT2D eigenvalue weighted by molar-refractivity contribution is -0.158. The average Bonchev–Trinajstić information content (AvgIpc) is 3.44. The highest BCUT2D eigenvalue weighted by Gasteiger charge is 2.63. The lowest BCUT2D eigenvalue weighted by Gasteiger charge is -2.25. The maximum absolute atomic E-state index is 11.5. The smallest absolute Gasteiger partial charge is 0.333 e. The minimum Gasteiger partial charge on any atom is -0.459 e. The van der Waals surface area contributed by atoms with Crippen LogP contribution in [0.3, 0.4) is 0 Å². The predicted octanol–water partition coefficient (Wildman–Crippen LogP) is 3.35. The maximum Gasteiger partial charge on any atom is 0.333 e. The molecule has 5 aliphatic rings. The highest BCUT2D eigenvalue weighted by molar-refractivity contribution is 5.87. The molecule has 5 fully saturated rings. The molecule has 8 atom stereocenters. The van der Waals surface area contributed by atoms with Crippen molar-refractivity contribution in [3.05, 3.63) is 24.3 Å². The molecule has 158 valence electrons. The minimum atomic E-state index is -0.378. The summed E-state index contributed by atoms with van der Waals surface area (Å²) in [6.45, 7) is 10.5. The van der Waals surface area contributed by atoms with Gasteiger partial charge in [-0.2, -0.15) is 0 Å². The number of ether oxygens (including phenoxy) is 3. The topological polar surface area (TPSA) is 78.9 Å². The van der Waals surface area contributed by atoms with Gasteiger partial charge in [-0.15, -0.1) is 0 Å². The van der Waals surface area contributed by atoms with Gasteiger partial charge in [0.2, 0.25) is 0 Å². The monoisotopic (exact) mass is 402 g/mol. The van der Waals surface area contributed by atoms with E-state index in [2.05, 4.69) is 13.2 Å². The molecular formula is C23H30O6. The number of hydrogen-bond donors (Lipinski definition) is 0. The van der Waals surface area contributed by atoms with Gasteiger partial charge in [-0.1, -0.05) is 13.2 Å². The molecule has 6 nitrogen and oxygen atoms in total. The highest BCUT2D eigenvalue weighted by atomic mass is 16.6. The molecule has 4 bridgehead atoms. The van der Waals surface area contributed by atoms with Crippen LogP contribution in [0.15, 0.2) is 24.3 Å². The van der Waals surface area contributed by atoms with E-state index in [-0.39, 0.29) is 48.1 Å². The van der Waals surface area contributed by atoms with Crippen LogP contribution in [0.5, 0.6) is 0 Å². The van der Waals surface area contributed by atoms with Gasteiger partial charge in [0, 0.05) is 23.0 Å². The van der Waals surface area contributed by atoms with Gasteiger partial charge in [0.15, 0.2) is 0 Å². The zero-order valence-electron chi connectivity index (χ0n) is 17.2. The van der Waals surface area contributed by atoms with Gasteiger partial charge in [-0.3, -0.25) is 4.79 Å². The van der Waals surface area contributed by atoms with Gasteiger partial charge >= 0.3 is 17.9 Å². The first-order chi connectivity index (χ1) is 13.7. The van der Waals surface area contributed by atoms with Crippen molar-refractivity contribution in [1.82, 2.24) is 0 Å². The molecule has 8 unspecified atom stereocenters. The maximum atomic E-state index is 11.5. The molecule has 0 aromatic heterocycles. The van der Waals surface area contributed by atoms with Crippen molar-refractivity contribution in [2.75, 3.05) is 0 Å². The molecule has 4 saturated carbocycles. The summed E-state index contributed by atoms with van der Waals surface area (Å²) >= 11 is 0. The fraction of sp³-hybridized carbons (Fsp3) is 0.696. The van der Waals surface area contributed by atoms with Gasteiger partial charge in [0.05, 0.1) is 5.92 Å². The second-order valence-electron chi connectivity index (χ2n) is 9.45. The van der Waals surface area contributed by atoms with Gasteiger partial charge in [-0.25, -0.2) is 9.59 Å². The van der Waals surface area contributed by atoms with Crippen LogP contribution in [0.1, 0.15) is 52.4 Å². The average molecular weight is 402 g/mol. The summed E-state index contributed by atoms with van der Waals surface area (Å²) in [5.74, 6) is 1.42. The number of esters is 3. The van der Waals surface area contributed by atoms with Crippen molar-refractivity contribution in [2.45, 2.75) is 70.7 Å². The Balaban J connectivity index is 0.000000145. The molecule has 0 radical (unpaired) electrons. The van der Waals surface area contributed by atoms with Crippen LogP contribution in [0.4, 0.5) is 0 Å². The van der Waals surface area contributed by atoms with E-state index in [1.807, 2.05) is 0 Å². The van der Waals surface area contributed by atoms with Crippen molar-refractivity contribution < 1.29 is 28.6 Å². The number of carbonyl (C=O) groups is 3. The van der Waals surface area contributed by atoms with E-state index in [4.69, 9.17) is 14.2 Å². The number of carbonyl (C=O) groups excluding carboxylic acids is 3. The summed E-state index contributed by atoms with van der Waals surface area (Å²) in [7, 11) is 0. The van der Waals surface area contributed by atoms with Crippen molar-refractivity contribution in [3.8, 4) is 0 Å². The molecule has 0 spiro atoms. The van der Waals surface area contributed by atoms with E-state index >= 15 is 0 Å². The Morgan fingerprint density at radius 1 is 0.931 bits per heavy atom. The molecule has 29 heavy (non-hydrogen) atoms. The predicted molar refractivity (Wildman–Crippen MR) is 104 cm³/mol. The van der Waals surface area contributed by atoms with E-state index in [0.29, 0.717) is 23.0 Å². The molecular weight excluding hydrogens is 372 g/mol. The fourth-order valence-electron chi connectivity index (χ4n) is 5.86. The third kappa shape index (κ3) is 3.74. The SMILES string of the molecule is C=C(C)C(=O)OC1C2CC3C(=O)OC1C3C2.C=C(C)C(=O)OC1CC2CCC1C2. The Labute approximate surface area is 171 Å². The first-order valence-corrected chi connectivity index (χ1v) is 10.7. The van der Waals surface area contributed by atoms with E-state index in [1.165, 1.54) is 19.3 Å². The zero-order valence-corrected chi connectivity index (χ0v) is 17.2. The molecule has 4 aliphatic carbocycles. The van der Waals surface area contributed by atoms with E-state index in [9.17, 15) is 14.4 Å². The molecule has 0 aromatic rings. The van der Waals surface area contributed by atoms with Crippen LogP contribution in [0.25, 0.3) is 0 Å². The lowest BCUT2D eigenvalue weighted by Crippen LogP contribution is -2.36. The Hall–Kier alpha value is -2.11. The normalized spacial score (nSPS) is 40.1. The van der Waals surface area contributed by atoms with E-state index in [1.54, 1.807) is 13.8 Å². The standard InChI is InChI=1S/C12H14O4.C11H16O2/c1-5(2)11(13)15-9-6-3-7-8(4-6)12(14)16-10(7)9;1-7(2)11(12)13-10-6-8-3-4-9(10)5-8/h6-10H,1,3-4H2,2H3;8-10H,1,3-6H2,2H3. The van der Waals surface area contributed by atoms with E-state index in [0.717, 1.165) is 25.2 Å². The highest BCUT2D eigenvalue weighted by Crippen LogP contribution is 2.55. The Bertz CT molecular complexity index is 754. The van der Waals surface area contributed by atoms with Gasteiger partial charge in [-0.05, 0) is 64.2 Å². The van der Waals surface area contributed by atoms with Gasteiger partial charge < -0.3 is 14.2 Å². The third-order valence-corrected chi connectivity index (χ3v) is 7.29. The quantitative estimate of drug-likeness (QED) is 0.408. The summed E-state index contributed by atoms with van der Waals surface area (Å²) in [5, 5.41) is 0. The molecule has 5 rings (SSSR count). The summed E-state index contributed by atoms with van der Waals surface area (Å²) in [4.78, 5) is 34.2. The zero-order chi connectivity index (χ0) is 20.9. The van der Waals surface area contributed by atoms with Crippen LogP contribution in [0.2, 0.25) is 0 Å². The molecule has 1 heterocycles. The molecule has 1 aliphatic heterocycles. The molecule has 6 heteroatoms. The minimum absolute atomic E-state index is 0.0646. The van der Waals surface area contributed by atoms with Crippen LogP contribution >= 0.6 is 0 Å². The van der Waals surface area contributed by atoms with Crippen LogP contribution < -0.4 is 0 Å². The molecule has 0 amide bonds. The van der Waals surface area contributed by atoms with Gasteiger partial charge in [0.1, 0.15) is 18.3 Å². The first-order valence-electron chi connectivity index (χ1n) is 10.7. The van der Waals surface area contributed by atoms with Crippen LogP contribution in [0, 0.1) is 29.6 Å². The number of rotatable bonds is 4. The summed E-state index contributed by atoms with van der Waals surface area (Å²) in [5.41, 5.74) is 0.909. The largest absolute Gasteiger partial charge is 0.459 e. The summed E-state index contributed by atoms with van der Waals surface area (Å²) in [6.07, 6.45) is 6.48. The summed E-state index contributed by atoms with van der Waals surface area (Å²) < 4.78 is 16.0. The van der Waals surface area contributed by atoms with Crippen molar-refractivity contribution in [2.24, 2.45) is 29.6 Å². The number of fused-ring (bicyclic) bond motifs is 3. The first kappa shape index (κ1) is 20.2. The van der Waals surface area contributed by atoms with Crippen molar-refractivity contribution >= 4 is 17.9 Å². The number of hydrogen-bond acceptors (Lipinski definition) is 6. The molecule has 1 saturated heterocycles. The van der Waals surface area contributed by atoms with Crippen LogP contribution in [-0.2, 0) is 28.6 Å². The molecule has 0 aromatic carbocycles. The van der Waals surface area contributed by atoms with Crippen LogP contribution in [-0.4, -0.2) is 36.2 Å². The Morgan fingerprint density at radius 2 is 1.62 bits per heavy atom. The van der Waals surface area contributed by atoms with E-state index < -0.39 is 0 Å². The van der Waals surface area contributed by atoms with Crippen molar-refractivity contribution in [3.63, 3.8) is 0 Å². The fourth-order valence-corrected chi connectivity index (χ4v) is 5.86. The Morgan fingerprint density at radius 3 is 2.21 bits per heavy atom. The van der Waals surface area contributed by atoms with Gasteiger partial charge in [0.25, 0.3) is 0 Å². The lowest BCUT2D eigenvalue weighted by atomic mass is 9.88. The second-order valence-corrected chi connectivity index (χ2v) is 9.45. The van der Waals surface area contributed by atoms with Crippen molar-refractivity contribution in [1.29, 1.82) is 0 Å². The third-order valence-electron chi connectivity index (χ3n) is 7.29. The summed E-state index contributed by atoms with van der Waals surface area (Å²) in [6, 6.07) is 0. The second kappa shape index (κ2) is 7.62. The molecule has 0 N–H and O–H groups in total.